The first kappa shape index (κ1) is 47.3. The maximum atomic E-state index is 14.0. The van der Waals surface area contributed by atoms with E-state index in [1.54, 1.807) is 19.2 Å². The molecule has 5 heterocycles. The summed E-state index contributed by atoms with van der Waals surface area (Å²) >= 11 is 0. The van der Waals surface area contributed by atoms with Crippen molar-refractivity contribution < 1.29 is 59.5 Å². The first-order valence-corrected chi connectivity index (χ1v) is 24.8. The van der Waals surface area contributed by atoms with E-state index in [0.717, 1.165) is 48.9 Å². The lowest BCUT2D eigenvalue weighted by atomic mass is 9.57. The van der Waals surface area contributed by atoms with Gasteiger partial charge in [-0.25, -0.2) is 9.78 Å². The Hall–Kier alpha value is -6.03. The van der Waals surface area contributed by atoms with Gasteiger partial charge in [-0.1, -0.05) is 30.9 Å². The van der Waals surface area contributed by atoms with Crippen LogP contribution in [0, 0.1) is 41.9 Å². The summed E-state index contributed by atoms with van der Waals surface area (Å²) in [6.45, 7) is 2.56. The van der Waals surface area contributed by atoms with Crippen molar-refractivity contribution in [2.75, 3.05) is 24.7 Å². The zero-order valence-corrected chi connectivity index (χ0v) is 39.6. The predicted octanol–water partition coefficient (Wildman–Crippen LogP) is 4.82. The van der Waals surface area contributed by atoms with Gasteiger partial charge in [0.2, 0.25) is 5.91 Å². The SMILES string of the molecule is CCC1C2=CC=NC2=CN1c1c2c(cc3c(=O)cc(C)oc13)CC(OOCC(O)(Cc1ccc(O)c3ccc(O)cc13)C(O)C(O)C(O)CO)C1(CC=C3C#CCC4CCC5(CC4)C(=O)NCC5C3C1)O2. The van der Waals surface area contributed by atoms with Gasteiger partial charge in [-0.3, -0.25) is 14.6 Å². The Morgan fingerprint density at radius 1 is 1.06 bits per heavy atom. The van der Waals surface area contributed by atoms with E-state index >= 15 is 0 Å². The number of phenolic OH excluding ortho intramolecular Hbond substituents is 2. The first-order chi connectivity index (χ1) is 34.2. The van der Waals surface area contributed by atoms with Gasteiger partial charge in [-0.2, -0.15) is 0 Å². The number of nitrogens with zero attached hydrogens (tertiary/aromatic N) is 2. The summed E-state index contributed by atoms with van der Waals surface area (Å²) in [7, 11) is 0. The van der Waals surface area contributed by atoms with Crippen molar-refractivity contribution in [3.63, 3.8) is 0 Å². The van der Waals surface area contributed by atoms with Gasteiger partial charge in [0.15, 0.2) is 16.8 Å². The van der Waals surface area contributed by atoms with Gasteiger partial charge in [0, 0.05) is 78.7 Å². The number of rotatable bonds is 12. The van der Waals surface area contributed by atoms with Crippen molar-refractivity contribution in [2.45, 2.75) is 120 Å². The fourth-order valence-electron chi connectivity index (χ4n) is 12.8. The Balaban J connectivity index is 1.03. The highest BCUT2D eigenvalue weighted by atomic mass is 17.2. The van der Waals surface area contributed by atoms with E-state index in [2.05, 4.69) is 40.0 Å². The van der Waals surface area contributed by atoms with E-state index in [4.69, 9.17) is 18.9 Å². The third-order valence-corrected chi connectivity index (χ3v) is 16.7. The van der Waals surface area contributed by atoms with Crippen molar-refractivity contribution in [1.82, 2.24) is 5.32 Å². The standard InChI is InChI=1S/C55H59N3O13/c1-3-42-36-14-18-56-41(36)26-58(42)47-49-33(20-38-44(62)19-29(2)69-50(38)47)21-46(55(70-49)17-13-31-6-4-5-30-11-15-53(16-12-30)40(39(31)24-55)25-57-52(53)66)71-68-28-54(67,51(65)48(64)45(63)27-59)23-32-7-10-43(61)35-9-8-34(60)22-37(32)35/h7-10,13-14,18-20,22,26,30,39-40,42,45-46,48,51,59-61,63-65,67H,3,5,11-12,15-17,21,23-25,27-28H2,1-2H3,(H,57,66). The number of anilines is 1. The molecular weight excluding hydrogens is 911 g/mol. The van der Waals surface area contributed by atoms with Crippen LogP contribution in [0.4, 0.5) is 5.69 Å². The normalized spacial score (nSPS) is 29.4. The van der Waals surface area contributed by atoms with Crippen LogP contribution in [0.3, 0.4) is 0 Å². The summed E-state index contributed by atoms with van der Waals surface area (Å²) in [5.41, 5.74) is 0.118. The van der Waals surface area contributed by atoms with Crippen molar-refractivity contribution in [3.8, 4) is 29.1 Å². The molecule has 9 unspecified atom stereocenters. The lowest BCUT2D eigenvalue weighted by Gasteiger charge is -2.51. The van der Waals surface area contributed by atoms with Crippen LogP contribution in [-0.4, -0.2) is 109 Å². The van der Waals surface area contributed by atoms with Crippen molar-refractivity contribution in [3.05, 3.63) is 105 Å². The Morgan fingerprint density at radius 3 is 2.66 bits per heavy atom. The molecule has 372 valence electrons. The number of fused-ring (bicyclic) bond motifs is 7. The fraction of sp³-hybridized carbons (Fsp3) is 0.473. The number of aromatic hydroxyl groups is 2. The molecule has 12 rings (SSSR count). The third kappa shape index (κ3) is 7.84. The average molecular weight is 970 g/mol. The van der Waals surface area contributed by atoms with E-state index in [9.17, 15) is 45.3 Å². The maximum absolute atomic E-state index is 14.0. The smallest absolute Gasteiger partial charge is 0.226 e. The Kier molecular flexibility index (Phi) is 11.9. The van der Waals surface area contributed by atoms with Gasteiger partial charge < -0.3 is 55.1 Å². The molecule has 1 aromatic heterocycles. The number of aliphatic hydroxyl groups excluding tert-OH is 4. The van der Waals surface area contributed by atoms with E-state index < -0.39 is 60.7 Å². The van der Waals surface area contributed by atoms with E-state index in [1.165, 1.54) is 36.4 Å². The highest BCUT2D eigenvalue weighted by molar-refractivity contribution is 5.97. The summed E-state index contributed by atoms with van der Waals surface area (Å²) in [6, 6.07) is 10.2. The van der Waals surface area contributed by atoms with Crippen molar-refractivity contribution >= 4 is 39.6 Å². The van der Waals surface area contributed by atoms with Gasteiger partial charge in [-0.15, -0.1) is 0 Å². The molecule has 1 amide bonds. The molecule has 9 atom stereocenters. The molecule has 2 fully saturated rings. The average Bonchev–Trinajstić information content (AvgIpc) is 4.05. The highest BCUT2D eigenvalue weighted by Gasteiger charge is 2.59. The molecular formula is C55H59N3O13. The quantitative estimate of drug-likeness (QED) is 0.0540. The molecule has 3 aromatic carbocycles. The van der Waals surface area contributed by atoms with Gasteiger partial charge in [0.1, 0.15) is 65.2 Å². The molecule has 16 heteroatoms. The van der Waals surface area contributed by atoms with E-state index in [-0.39, 0.29) is 53.6 Å². The molecule has 8 N–H and O–H groups in total. The predicted molar refractivity (Wildman–Crippen MR) is 261 cm³/mol. The summed E-state index contributed by atoms with van der Waals surface area (Å²) in [5, 5.41) is 81.0. The summed E-state index contributed by atoms with van der Waals surface area (Å²) in [4.78, 5) is 47.4. The van der Waals surface area contributed by atoms with Crippen LogP contribution in [0.2, 0.25) is 0 Å². The molecule has 71 heavy (non-hydrogen) atoms. The monoisotopic (exact) mass is 969 g/mol. The number of hydrogen-bond acceptors (Lipinski definition) is 15. The lowest BCUT2D eigenvalue weighted by molar-refractivity contribution is -0.373. The van der Waals surface area contributed by atoms with Crippen LogP contribution in [0.25, 0.3) is 21.7 Å². The topological polar surface area (TPSA) is 244 Å². The maximum Gasteiger partial charge on any atom is 0.226 e. The molecule has 16 nitrogen and oxygen atoms in total. The number of amides is 1. The minimum absolute atomic E-state index is 0.0665. The number of ether oxygens (including phenoxy) is 1. The molecule has 8 aliphatic rings. The van der Waals surface area contributed by atoms with Crippen LogP contribution >= 0.6 is 0 Å². The molecule has 4 aliphatic heterocycles. The van der Waals surface area contributed by atoms with Gasteiger partial charge in [-0.05, 0) is 105 Å². The van der Waals surface area contributed by atoms with Crippen LogP contribution in [-0.2, 0) is 27.4 Å². The Bertz CT molecular complexity index is 3080. The number of hydrogen-bond donors (Lipinski definition) is 8. The second kappa shape index (κ2) is 17.9. The molecule has 2 bridgehead atoms. The van der Waals surface area contributed by atoms with Gasteiger partial charge in [0.25, 0.3) is 0 Å². The summed E-state index contributed by atoms with van der Waals surface area (Å²) < 4.78 is 14.1. The van der Waals surface area contributed by atoms with Crippen LogP contribution in [0.1, 0.15) is 75.2 Å². The number of phenols is 2. The van der Waals surface area contributed by atoms with E-state index in [0.29, 0.717) is 75.4 Å². The van der Waals surface area contributed by atoms with Crippen molar-refractivity contribution in [2.24, 2.45) is 28.2 Å². The van der Waals surface area contributed by atoms with E-state index in [1.807, 2.05) is 12.3 Å². The number of carbonyl (C=O) groups is 1. The second-order valence-electron chi connectivity index (χ2n) is 20.8. The third-order valence-electron chi connectivity index (χ3n) is 16.7. The van der Waals surface area contributed by atoms with Gasteiger partial charge in [0.05, 0.1) is 29.1 Å². The number of carbonyl (C=O) groups excluding carboxylic acids is 1. The first-order valence-electron chi connectivity index (χ1n) is 24.8. The van der Waals surface area contributed by atoms with Crippen LogP contribution < -0.4 is 20.4 Å². The number of aliphatic hydroxyl groups is 5. The number of nitrogens with one attached hydrogen (secondary N) is 1. The highest BCUT2D eigenvalue weighted by Crippen LogP contribution is 2.58. The summed E-state index contributed by atoms with van der Waals surface area (Å²) in [5.74, 6) is 7.82. The van der Waals surface area contributed by atoms with Crippen LogP contribution in [0.15, 0.2) is 91.9 Å². The Labute approximate surface area is 409 Å². The zero-order chi connectivity index (χ0) is 49.6. The molecule has 1 saturated carbocycles. The van der Waals surface area contributed by atoms with Crippen LogP contribution in [0.5, 0.6) is 17.2 Å². The lowest BCUT2D eigenvalue weighted by Crippen LogP contribution is -2.59. The largest absolute Gasteiger partial charge is 0.508 e. The Morgan fingerprint density at radius 2 is 1.87 bits per heavy atom. The zero-order valence-electron chi connectivity index (χ0n) is 39.6. The molecule has 4 aliphatic carbocycles. The fourth-order valence-corrected chi connectivity index (χ4v) is 12.8. The van der Waals surface area contributed by atoms with Gasteiger partial charge >= 0.3 is 0 Å². The number of allylic oxidation sites excluding steroid dienone is 2. The number of aliphatic imine (C=N–C) groups is 1. The molecule has 2 spiro atoms. The second-order valence-corrected chi connectivity index (χ2v) is 20.8. The minimum Gasteiger partial charge on any atom is -0.508 e. The number of aryl methyl sites for hydroxylation is 1. The minimum atomic E-state index is -2.44. The number of benzene rings is 3. The molecule has 0 radical (unpaired) electrons. The summed E-state index contributed by atoms with van der Waals surface area (Å²) in [6.07, 6.45) is 5.86. The molecule has 4 aromatic rings. The van der Waals surface area contributed by atoms with Crippen molar-refractivity contribution in [1.29, 1.82) is 0 Å². The molecule has 1 saturated heterocycles.